The van der Waals surface area contributed by atoms with Gasteiger partial charge in [0.2, 0.25) is 0 Å². The van der Waals surface area contributed by atoms with Gasteiger partial charge in [0.25, 0.3) is 0 Å². The molecule has 8 nitrogen and oxygen atoms in total. The molecule has 0 amide bonds. The third-order valence-electron chi connectivity index (χ3n) is 8.23. The molecule has 1 heterocycles. The molecule has 170 valence electrons. The Kier molecular flexibility index (Phi) is 6.98. The molecule has 0 unspecified atom stereocenters. The van der Waals surface area contributed by atoms with E-state index in [2.05, 4.69) is 20.8 Å². The predicted octanol–water partition coefficient (Wildman–Crippen LogP) is -0.375. The van der Waals surface area contributed by atoms with E-state index in [1.807, 2.05) is 0 Å². The second-order valence-corrected chi connectivity index (χ2v) is 9.89. The highest BCUT2D eigenvalue weighted by Gasteiger charge is 2.61. The van der Waals surface area contributed by atoms with Crippen molar-refractivity contribution in [1.82, 2.24) is 0 Å². The number of ether oxygens (including phenoxy) is 2. The van der Waals surface area contributed by atoms with Crippen LogP contribution in [-0.4, -0.2) is 86.8 Å². The van der Waals surface area contributed by atoms with Crippen LogP contribution in [0.3, 0.4) is 0 Å². The van der Waals surface area contributed by atoms with Crippen molar-refractivity contribution in [1.29, 1.82) is 0 Å². The van der Waals surface area contributed by atoms with Crippen LogP contribution in [0.4, 0.5) is 0 Å². The SMILES string of the molecule is CC(C)[C@H]1CC[C@@]2(C)[C@H](CC[C@]2(O)CO)[C@@H]1CO[C@H]1O[C@@H](CO)[C@H](O)[C@@H](O)[C@@H]1O. The second kappa shape index (κ2) is 8.67. The first kappa shape index (κ1) is 23.3. The summed E-state index contributed by atoms with van der Waals surface area (Å²) in [7, 11) is 0. The average Bonchev–Trinajstić information content (AvgIpc) is 2.97. The zero-order valence-corrected chi connectivity index (χ0v) is 17.6. The quantitative estimate of drug-likeness (QED) is 0.343. The van der Waals surface area contributed by atoms with E-state index in [4.69, 9.17) is 9.47 Å². The van der Waals surface area contributed by atoms with Crippen molar-refractivity contribution in [3.63, 3.8) is 0 Å². The lowest BCUT2D eigenvalue weighted by molar-refractivity contribution is -0.306. The predicted molar refractivity (Wildman–Crippen MR) is 104 cm³/mol. The molecule has 2 saturated carbocycles. The normalized spacial score (nSPS) is 50.7. The van der Waals surface area contributed by atoms with E-state index in [0.29, 0.717) is 18.3 Å². The molecule has 0 spiro atoms. The van der Waals surface area contributed by atoms with Gasteiger partial charge in [-0.2, -0.15) is 0 Å². The summed E-state index contributed by atoms with van der Waals surface area (Å²) < 4.78 is 11.4. The minimum absolute atomic E-state index is 0.0988. The van der Waals surface area contributed by atoms with Crippen molar-refractivity contribution >= 4 is 0 Å². The topological polar surface area (TPSA) is 140 Å². The Morgan fingerprint density at radius 3 is 2.31 bits per heavy atom. The number of rotatable bonds is 6. The lowest BCUT2D eigenvalue weighted by atomic mass is 9.55. The van der Waals surface area contributed by atoms with Gasteiger partial charge in [-0.3, -0.25) is 0 Å². The van der Waals surface area contributed by atoms with Gasteiger partial charge in [0, 0.05) is 5.41 Å². The lowest BCUT2D eigenvalue weighted by Crippen LogP contribution is -2.59. The Hall–Kier alpha value is -0.320. The van der Waals surface area contributed by atoms with Gasteiger partial charge in [0.1, 0.15) is 24.4 Å². The van der Waals surface area contributed by atoms with Gasteiger partial charge in [0.15, 0.2) is 6.29 Å². The molecule has 8 heteroatoms. The number of hydrogen-bond acceptors (Lipinski definition) is 8. The van der Waals surface area contributed by atoms with Crippen molar-refractivity contribution in [2.24, 2.45) is 29.1 Å². The number of fused-ring (bicyclic) bond motifs is 1. The third kappa shape index (κ3) is 3.87. The smallest absolute Gasteiger partial charge is 0.186 e. The van der Waals surface area contributed by atoms with Crippen LogP contribution in [0.25, 0.3) is 0 Å². The van der Waals surface area contributed by atoms with E-state index >= 15 is 0 Å². The summed E-state index contributed by atoms with van der Waals surface area (Å²) in [6.45, 7) is 5.91. The van der Waals surface area contributed by atoms with Crippen molar-refractivity contribution < 1.29 is 40.1 Å². The molecular formula is C21H38O8. The standard InChI is InChI=1S/C21H38O8/c1-11(2)12-4-6-20(3)14(5-7-21(20,27)10-23)13(12)9-28-19-18(26)17(25)16(24)15(8-22)29-19/h11-19,22-27H,4-10H2,1-3H3/t12-,13-,14-,15+,16+,17-,18+,19+,20+,21+/m1/s1. The van der Waals surface area contributed by atoms with E-state index in [1.54, 1.807) is 0 Å². The van der Waals surface area contributed by atoms with Gasteiger partial charge < -0.3 is 40.1 Å². The largest absolute Gasteiger partial charge is 0.394 e. The first-order chi connectivity index (χ1) is 13.6. The summed E-state index contributed by atoms with van der Waals surface area (Å²) in [5.74, 6) is 1.03. The van der Waals surface area contributed by atoms with E-state index in [9.17, 15) is 30.6 Å². The Morgan fingerprint density at radius 1 is 1.03 bits per heavy atom. The lowest BCUT2D eigenvalue weighted by Gasteiger charge is -2.52. The maximum absolute atomic E-state index is 11.0. The minimum Gasteiger partial charge on any atom is -0.394 e. The fraction of sp³-hybridized carbons (Fsp3) is 1.00. The summed E-state index contributed by atoms with van der Waals surface area (Å²) in [5.41, 5.74) is -1.50. The van der Waals surface area contributed by atoms with Gasteiger partial charge in [-0.05, 0) is 49.4 Å². The molecular weight excluding hydrogens is 380 g/mol. The van der Waals surface area contributed by atoms with E-state index < -0.39 is 48.3 Å². The molecule has 29 heavy (non-hydrogen) atoms. The number of hydrogen-bond donors (Lipinski definition) is 6. The van der Waals surface area contributed by atoms with Crippen LogP contribution in [0, 0.1) is 29.1 Å². The van der Waals surface area contributed by atoms with Crippen molar-refractivity contribution in [3.05, 3.63) is 0 Å². The van der Waals surface area contributed by atoms with Crippen LogP contribution in [0.1, 0.15) is 46.5 Å². The molecule has 1 saturated heterocycles. The van der Waals surface area contributed by atoms with Crippen molar-refractivity contribution in [3.8, 4) is 0 Å². The highest BCUT2D eigenvalue weighted by Crippen LogP contribution is 2.61. The Labute approximate surface area is 172 Å². The molecule has 3 rings (SSSR count). The fourth-order valence-corrected chi connectivity index (χ4v) is 6.17. The van der Waals surface area contributed by atoms with Crippen LogP contribution >= 0.6 is 0 Å². The molecule has 0 bridgehead atoms. The zero-order chi connectivity index (χ0) is 21.6. The maximum atomic E-state index is 11.0. The second-order valence-electron chi connectivity index (χ2n) is 9.89. The highest BCUT2D eigenvalue weighted by atomic mass is 16.7. The molecule has 0 aromatic heterocycles. The molecule has 1 aliphatic heterocycles. The van der Waals surface area contributed by atoms with Crippen LogP contribution in [0.5, 0.6) is 0 Å². The molecule has 0 aromatic rings. The highest BCUT2D eigenvalue weighted by molar-refractivity contribution is 5.10. The zero-order valence-electron chi connectivity index (χ0n) is 17.6. The number of aliphatic hydroxyl groups is 6. The first-order valence-corrected chi connectivity index (χ1v) is 10.8. The number of aliphatic hydroxyl groups excluding tert-OH is 5. The Bertz CT molecular complexity index is 557. The average molecular weight is 419 g/mol. The molecule has 3 aliphatic rings. The first-order valence-electron chi connectivity index (χ1n) is 10.8. The molecule has 2 aliphatic carbocycles. The van der Waals surface area contributed by atoms with Crippen LogP contribution in [0.2, 0.25) is 0 Å². The minimum atomic E-state index is -1.46. The van der Waals surface area contributed by atoms with E-state index in [0.717, 1.165) is 19.3 Å². The molecule has 0 radical (unpaired) electrons. The summed E-state index contributed by atoms with van der Waals surface area (Å²) >= 11 is 0. The Balaban J connectivity index is 1.76. The van der Waals surface area contributed by atoms with Gasteiger partial charge in [-0.25, -0.2) is 0 Å². The van der Waals surface area contributed by atoms with Crippen LogP contribution < -0.4 is 0 Å². The third-order valence-corrected chi connectivity index (χ3v) is 8.23. The summed E-state index contributed by atoms with van der Waals surface area (Å²) in [6.07, 6.45) is -3.35. The van der Waals surface area contributed by atoms with Gasteiger partial charge in [-0.15, -0.1) is 0 Å². The maximum Gasteiger partial charge on any atom is 0.186 e. The van der Waals surface area contributed by atoms with E-state index in [-0.39, 0.29) is 25.0 Å². The van der Waals surface area contributed by atoms with Crippen LogP contribution in [0.15, 0.2) is 0 Å². The monoisotopic (exact) mass is 418 g/mol. The summed E-state index contributed by atoms with van der Waals surface area (Å²) in [5, 5.41) is 60.5. The van der Waals surface area contributed by atoms with Gasteiger partial charge in [-0.1, -0.05) is 20.8 Å². The fourth-order valence-electron chi connectivity index (χ4n) is 6.17. The molecule has 0 aromatic carbocycles. The van der Waals surface area contributed by atoms with Crippen LogP contribution in [-0.2, 0) is 9.47 Å². The summed E-state index contributed by atoms with van der Waals surface area (Å²) in [6, 6.07) is 0. The van der Waals surface area contributed by atoms with Crippen molar-refractivity contribution in [2.45, 2.75) is 82.8 Å². The van der Waals surface area contributed by atoms with Crippen molar-refractivity contribution in [2.75, 3.05) is 19.8 Å². The van der Waals surface area contributed by atoms with Gasteiger partial charge >= 0.3 is 0 Å². The summed E-state index contributed by atoms with van der Waals surface area (Å²) in [4.78, 5) is 0. The molecule has 10 atom stereocenters. The molecule has 6 N–H and O–H groups in total. The molecule has 3 fully saturated rings. The Morgan fingerprint density at radius 2 is 1.72 bits per heavy atom. The van der Waals surface area contributed by atoms with Gasteiger partial charge in [0.05, 0.1) is 25.4 Å². The van der Waals surface area contributed by atoms with E-state index in [1.165, 1.54) is 0 Å².